The molecule has 6 heteroatoms. The molecule has 0 aliphatic heterocycles. The fourth-order valence-electron chi connectivity index (χ4n) is 2.37. The monoisotopic (exact) mass is 372 g/mol. The van der Waals surface area contributed by atoms with Crippen molar-refractivity contribution in [1.29, 1.82) is 0 Å². The van der Waals surface area contributed by atoms with Gasteiger partial charge in [-0.15, -0.1) is 9.78 Å². The molecule has 0 radical (unpaired) electrons. The molecule has 0 spiro atoms. The SMILES string of the molecule is CCCCC(OOC(=O)c1ccccc1C)OOC(=O)c1ccccc1C. The molecule has 2 aromatic rings. The van der Waals surface area contributed by atoms with Crippen LogP contribution in [-0.4, -0.2) is 18.2 Å². The summed E-state index contributed by atoms with van der Waals surface area (Å²) in [5, 5.41) is 0. The lowest BCUT2D eigenvalue weighted by Gasteiger charge is -2.15. The normalized spacial score (nSPS) is 10.7. The second-order valence-electron chi connectivity index (χ2n) is 6.14. The number of hydrogen-bond acceptors (Lipinski definition) is 6. The molecule has 144 valence electrons. The van der Waals surface area contributed by atoms with Gasteiger partial charge in [0.15, 0.2) is 0 Å². The van der Waals surface area contributed by atoms with Crippen LogP contribution in [0.25, 0.3) is 0 Å². The van der Waals surface area contributed by atoms with Crippen molar-refractivity contribution in [2.24, 2.45) is 0 Å². The van der Waals surface area contributed by atoms with E-state index < -0.39 is 18.2 Å². The van der Waals surface area contributed by atoms with Crippen LogP contribution in [-0.2, 0) is 19.6 Å². The van der Waals surface area contributed by atoms with Crippen molar-refractivity contribution in [2.45, 2.75) is 46.3 Å². The van der Waals surface area contributed by atoms with Gasteiger partial charge >= 0.3 is 11.9 Å². The number of rotatable bonds is 9. The van der Waals surface area contributed by atoms with Crippen molar-refractivity contribution in [3.63, 3.8) is 0 Å². The summed E-state index contributed by atoms with van der Waals surface area (Å²) < 4.78 is 0. The molecule has 0 heterocycles. The van der Waals surface area contributed by atoms with Crippen molar-refractivity contribution < 1.29 is 29.1 Å². The molecular weight excluding hydrogens is 348 g/mol. The molecule has 0 aromatic heterocycles. The van der Waals surface area contributed by atoms with Crippen LogP contribution in [0.1, 0.15) is 58.0 Å². The third kappa shape index (κ3) is 6.20. The van der Waals surface area contributed by atoms with Gasteiger partial charge in [-0.2, -0.15) is 0 Å². The van der Waals surface area contributed by atoms with Gasteiger partial charge in [-0.3, -0.25) is 9.78 Å². The van der Waals surface area contributed by atoms with E-state index in [-0.39, 0.29) is 0 Å². The summed E-state index contributed by atoms with van der Waals surface area (Å²) >= 11 is 0. The van der Waals surface area contributed by atoms with Crippen molar-refractivity contribution in [2.75, 3.05) is 0 Å². The number of hydrogen-bond donors (Lipinski definition) is 0. The van der Waals surface area contributed by atoms with Gasteiger partial charge in [0.1, 0.15) is 0 Å². The molecule has 0 amide bonds. The lowest BCUT2D eigenvalue weighted by atomic mass is 10.1. The molecule has 0 saturated carbocycles. The number of unbranched alkanes of at least 4 members (excludes halogenated alkanes) is 1. The summed E-state index contributed by atoms with van der Waals surface area (Å²) in [4.78, 5) is 44.2. The van der Waals surface area contributed by atoms with E-state index in [0.717, 1.165) is 24.0 Å². The van der Waals surface area contributed by atoms with Gasteiger partial charge in [0, 0.05) is 6.42 Å². The van der Waals surface area contributed by atoms with Crippen molar-refractivity contribution in [1.82, 2.24) is 0 Å². The number of benzene rings is 2. The highest BCUT2D eigenvalue weighted by Gasteiger charge is 2.20. The van der Waals surface area contributed by atoms with E-state index in [0.29, 0.717) is 17.5 Å². The van der Waals surface area contributed by atoms with Gasteiger partial charge in [-0.1, -0.05) is 49.7 Å². The van der Waals surface area contributed by atoms with Gasteiger partial charge in [-0.05, 0) is 43.5 Å². The third-order valence-corrected chi connectivity index (χ3v) is 3.99. The van der Waals surface area contributed by atoms with E-state index in [1.54, 1.807) is 50.2 Å². The average Bonchev–Trinajstić information content (AvgIpc) is 2.67. The molecule has 2 rings (SSSR count). The maximum Gasteiger partial charge on any atom is 0.373 e. The summed E-state index contributed by atoms with van der Waals surface area (Å²) in [6.07, 6.45) is 1.01. The molecule has 0 bridgehead atoms. The molecule has 0 atom stereocenters. The summed E-state index contributed by atoms with van der Waals surface area (Å²) in [5.74, 6) is -1.27. The number of carbonyl (C=O) groups excluding carboxylic acids is 2. The molecule has 27 heavy (non-hydrogen) atoms. The lowest BCUT2D eigenvalue weighted by Crippen LogP contribution is -2.22. The molecule has 0 unspecified atom stereocenters. The Hall–Kier alpha value is -2.70. The Labute approximate surface area is 158 Å². The minimum atomic E-state index is -1.01. The Morgan fingerprint density at radius 1 is 0.815 bits per heavy atom. The summed E-state index contributed by atoms with van der Waals surface area (Å²) in [6.45, 7) is 5.59. The van der Waals surface area contributed by atoms with Crippen LogP contribution in [0.3, 0.4) is 0 Å². The van der Waals surface area contributed by atoms with Crippen LogP contribution >= 0.6 is 0 Å². The van der Waals surface area contributed by atoms with Crippen molar-refractivity contribution in [3.8, 4) is 0 Å². The highest BCUT2D eigenvalue weighted by molar-refractivity contribution is 5.91. The van der Waals surface area contributed by atoms with E-state index in [2.05, 4.69) is 0 Å². The van der Waals surface area contributed by atoms with Gasteiger partial charge < -0.3 is 0 Å². The summed E-state index contributed by atoms with van der Waals surface area (Å²) in [7, 11) is 0. The van der Waals surface area contributed by atoms with Crippen LogP contribution in [0.15, 0.2) is 48.5 Å². The maximum absolute atomic E-state index is 12.1. The quantitative estimate of drug-likeness (QED) is 0.361. The molecular formula is C21H24O6. The zero-order valence-electron chi connectivity index (χ0n) is 15.8. The van der Waals surface area contributed by atoms with E-state index >= 15 is 0 Å². The first-order valence-electron chi connectivity index (χ1n) is 8.89. The fourth-order valence-corrected chi connectivity index (χ4v) is 2.37. The predicted octanol–water partition coefficient (Wildman–Crippen LogP) is 4.70. The van der Waals surface area contributed by atoms with E-state index in [1.807, 2.05) is 19.1 Å². The largest absolute Gasteiger partial charge is 0.373 e. The van der Waals surface area contributed by atoms with Crippen LogP contribution < -0.4 is 0 Å². The number of carbonyl (C=O) groups is 2. The highest BCUT2D eigenvalue weighted by atomic mass is 17.3. The summed E-state index contributed by atoms with van der Waals surface area (Å²) in [6, 6.07) is 14.0. The second-order valence-corrected chi connectivity index (χ2v) is 6.14. The molecule has 0 aliphatic rings. The van der Waals surface area contributed by atoms with E-state index in [1.165, 1.54) is 0 Å². The average molecular weight is 372 g/mol. The Morgan fingerprint density at radius 3 is 1.67 bits per heavy atom. The highest BCUT2D eigenvalue weighted by Crippen LogP contribution is 2.14. The van der Waals surface area contributed by atoms with Crippen LogP contribution in [0.5, 0.6) is 0 Å². The van der Waals surface area contributed by atoms with Gasteiger partial charge in [0.2, 0.25) is 6.29 Å². The zero-order valence-corrected chi connectivity index (χ0v) is 15.8. The molecule has 0 aliphatic carbocycles. The van der Waals surface area contributed by atoms with Crippen molar-refractivity contribution >= 4 is 11.9 Å². The molecule has 0 fully saturated rings. The Morgan fingerprint density at radius 2 is 1.26 bits per heavy atom. The van der Waals surface area contributed by atoms with Crippen LogP contribution in [0.2, 0.25) is 0 Å². The molecule has 6 nitrogen and oxygen atoms in total. The topological polar surface area (TPSA) is 71.1 Å². The van der Waals surface area contributed by atoms with Gasteiger partial charge in [0.05, 0.1) is 11.1 Å². The van der Waals surface area contributed by atoms with Gasteiger partial charge in [-0.25, -0.2) is 9.59 Å². The molecule has 2 aromatic carbocycles. The minimum absolute atomic E-state index is 0.392. The lowest BCUT2D eigenvalue weighted by molar-refractivity contribution is -0.421. The first kappa shape index (κ1) is 20.6. The minimum Gasteiger partial charge on any atom is -0.290 e. The maximum atomic E-state index is 12.1. The Kier molecular flexibility index (Phi) is 7.98. The Balaban J connectivity index is 1.92. The standard InChI is InChI=1S/C21H24O6/c1-4-5-14-19(24-26-20(22)17-12-8-6-10-15(17)2)25-27-21(23)18-13-9-7-11-16(18)3/h6-13,19H,4-5,14H2,1-3H3. The first-order valence-corrected chi connectivity index (χ1v) is 8.89. The zero-order chi connectivity index (χ0) is 19.6. The predicted molar refractivity (Wildman–Crippen MR) is 98.7 cm³/mol. The third-order valence-electron chi connectivity index (χ3n) is 3.99. The van der Waals surface area contributed by atoms with Crippen LogP contribution in [0.4, 0.5) is 0 Å². The second kappa shape index (κ2) is 10.4. The van der Waals surface area contributed by atoms with Gasteiger partial charge in [0.25, 0.3) is 0 Å². The molecule has 0 N–H and O–H groups in total. The van der Waals surface area contributed by atoms with E-state index in [4.69, 9.17) is 19.6 Å². The summed E-state index contributed by atoms with van der Waals surface area (Å²) in [5.41, 5.74) is 2.32. The molecule has 0 saturated heterocycles. The van der Waals surface area contributed by atoms with Crippen LogP contribution in [0, 0.1) is 13.8 Å². The first-order chi connectivity index (χ1) is 13.0. The smallest absolute Gasteiger partial charge is 0.290 e. The van der Waals surface area contributed by atoms with E-state index in [9.17, 15) is 9.59 Å². The fraction of sp³-hybridized carbons (Fsp3) is 0.333. The number of aryl methyl sites for hydroxylation is 2. The van der Waals surface area contributed by atoms with Crippen molar-refractivity contribution in [3.05, 3.63) is 70.8 Å². The Bertz CT molecular complexity index is 709.